The van der Waals surface area contributed by atoms with E-state index >= 15 is 0 Å². The Kier molecular flexibility index (Phi) is 10.7. The van der Waals surface area contributed by atoms with Crippen LogP contribution in [0.5, 0.6) is 11.5 Å². The summed E-state index contributed by atoms with van der Waals surface area (Å²) in [7, 11) is 1.31. The lowest BCUT2D eigenvalue weighted by Gasteiger charge is -2.32. The third-order valence-electron chi connectivity index (χ3n) is 6.28. The lowest BCUT2D eigenvalue weighted by molar-refractivity contribution is -0.385. The van der Waals surface area contributed by atoms with Gasteiger partial charge in [0.1, 0.15) is 11.8 Å². The van der Waals surface area contributed by atoms with Crippen LogP contribution in [0.25, 0.3) is 0 Å². The summed E-state index contributed by atoms with van der Waals surface area (Å²) < 4.78 is 10.8. The summed E-state index contributed by atoms with van der Waals surface area (Å²) in [5, 5.41) is 14.7. The summed E-state index contributed by atoms with van der Waals surface area (Å²) in [6.07, 6.45) is 1.01. The fourth-order valence-electron chi connectivity index (χ4n) is 3.93. The Morgan fingerprint density at radius 1 is 1.08 bits per heavy atom. The van der Waals surface area contributed by atoms with E-state index in [1.165, 1.54) is 30.2 Å². The SMILES string of the molecule is CC[C@@H](C)NC(=O)[C@H](Cc1ccccc1)N(Cc1ccccc1Cl)C(=O)COc1ccc([N+](=O)[O-])c(OC)c1. The van der Waals surface area contributed by atoms with E-state index in [0.717, 1.165) is 12.0 Å². The van der Waals surface area contributed by atoms with Crippen LogP contribution in [0.3, 0.4) is 0 Å². The lowest BCUT2D eigenvalue weighted by Crippen LogP contribution is -2.53. The Bertz CT molecular complexity index is 1290. The first-order chi connectivity index (χ1) is 18.7. The molecule has 0 aromatic heterocycles. The van der Waals surface area contributed by atoms with Crippen molar-refractivity contribution >= 4 is 29.1 Å². The van der Waals surface area contributed by atoms with Gasteiger partial charge in [-0.1, -0.05) is 67.1 Å². The fraction of sp³-hybridized carbons (Fsp3) is 0.310. The number of carbonyl (C=O) groups excluding carboxylic acids is 2. The molecule has 0 fully saturated rings. The van der Waals surface area contributed by atoms with Crippen LogP contribution in [0.2, 0.25) is 5.02 Å². The van der Waals surface area contributed by atoms with Gasteiger partial charge in [0, 0.05) is 36.2 Å². The van der Waals surface area contributed by atoms with Crippen molar-refractivity contribution in [1.29, 1.82) is 0 Å². The van der Waals surface area contributed by atoms with Crippen LogP contribution in [0.15, 0.2) is 72.8 Å². The quantitative estimate of drug-likeness (QED) is 0.230. The second kappa shape index (κ2) is 14.2. The van der Waals surface area contributed by atoms with E-state index in [1.807, 2.05) is 50.2 Å². The number of amides is 2. The summed E-state index contributed by atoms with van der Waals surface area (Å²) in [4.78, 5) is 39.3. The minimum Gasteiger partial charge on any atom is -0.490 e. The molecule has 0 spiro atoms. The van der Waals surface area contributed by atoms with Crippen molar-refractivity contribution in [3.63, 3.8) is 0 Å². The highest BCUT2D eigenvalue weighted by atomic mass is 35.5. The minimum absolute atomic E-state index is 0.00718. The van der Waals surface area contributed by atoms with Gasteiger partial charge in [-0.2, -0.15) is 0 Å². The standard InChI is InChI=1S/C29H32ClN3O6/c1-4-20(2)31-29(35)26(16-21-10-6-5-7-11-21)32(18-22-12-8-9-13-24(22)30)28(34)19-39-23-14-15-25(33(36)37)27(17-23)38-3/h5-15,17,20,26H,4,16,18-19H2,1-3H3,(H,31,35)/t20-,26+/m1/s1. The highest BCUT2D eigenvalue weighted by molar-refractivity contribution is 6.31. The number of nitro benzene ring substituents is 1. The fourth-order valence-corrected chi connectivity index (χ4v) is 4.13. The Hall–Kier alpha value is -4.11. The summed E-state index contributed by atoms with van der Waals surface area (Å²) in [5.74, 6) is -0.516. The molecule has 3 aromatic carbocycles. The first kappa shape index (κ1) is 29.4. The summed E-state index contributed by atoms with van der Waals surface area (Å²) in [6, 6.07) is 19.6. The van der Waals surface area contributed by atoms with E-state index < -0.39 is 23.5 Å². The van der Waals surface area contributed by atoms with Crippen molar-refractivity contribution in [3.8, 4) is 11.5 Å². The Morgan fingerprint density at radius 2 is 1.77 bits per heavy atom. The van der Waals surface area contributed by atoms with E-state index in [9.17, 15) is 19.7 Å². The molecule has 0 heterocycles. The Morgan fingerprint density at radius 3 is 2.41 bits per heavy atom. The molecule has 0 aliphatic heterocycles. The van der Waals surface area contributed by atoms with Crippen molar-refractivity contribution in [2.24, 2.45) is 0 Å². The zero-order chi connectivity index (χ0) is 28.4. The maximum absolute atomic E-state index is 13.7. The number of nitrogens with zero attached hydrogens (tertiary/aromatic N) is 2. The topological polar surface area (TPSA) is 111 Å². The molecule has 0 unspecified atom stereocenters. The molecule has 206 valence electrons. The predicted molar refractivity (Wildman–Crippen MR) is 149 cm³/mol. The number of nitrogens with one attached hydrogen (secondary N) is 1. The molecule has 3 aromatic rings. The molecule has 2 amide bonds. The summed E-state index contributed by atoms with van der Waals surface area (Å²) >= 11 is 6.43. The molecule has 9 nitrogen and oxygen atoms in total. The van der Waals surface area contributed by atoms with Crippen LogP contribution in [0.4, 0.5) is 5.69 Å². The largest absolute Gasteiger partial charge is 0.490 e. The molecule has 1 N–H and O–H groups in total. The van der Waals surface area contributed by atoms with Crippen LogP contribution in [-0.4, -0.2) is 47.4 Å². The van der Waals surface area contributed by atoms with E-state index in [1.54, 1.807) is 18.2 Å². The zero-order valence-electron chi connectivity index (χ0n) is 22.1. The van der Waals surface area contributed by atoms with Gasteiger partial charge in [0.05, 0.1) is 12.0 Å². The predicted octanol–water partition coefficient (Wildman–Crippen LogP) is 5.19. The summed E-state index contributed by atoms with van der Waals surface area (Å²) in [6.45, 7) is 3.54. The van der Waals surface area contributed by atoms with Gasteiger partial charge in [-0.15, -0.1) is 0 Å². The van der Waals surface area contributed by atoms with Crippen LogP contribution >= 0.6 is 11.6 Å². The van der Waals surface area contributed by atoms with Gasteiger partial charge in [0.2, 0.25) is 11.7 Å². The highest BCUT2D eigenvalue weighted by Gasteiger charge is 2.31. The molecule has 0 saturated heterocycles. The van der Waals surface area contributed by atoms with Gasteiger partial charge in [-0.25, -0.2) is 0 Å². The van der Waals surface area contributed by atoms with Crippen molar-refractivity contribution in [1.82, 2.24) is 10.2 Å². The third-order valence-corrected chi connectivity index (χ3v) is 6.65. The average Bonchev–Trinajstić information content (AvgIpc) is 2.94. The number of carbonyl (C=O) groups is 2. The first-order valence-electron chi connectivity index (χ1n) is 12.6. The monoisotopic (exact) mass is 553 g/mol. The molecule has 0 bridgehead atoms. The molecular weight excluding hydrogens is 522 g/mol. The van der Waals surface area contributed by atoms with Crippen molar-refractivity contribution in [2.45, 2.75) is 45.3 Å². The van der Waals surface area contributed by atoms with Crippen LogP contribution in [-0.2, 0) is 22.6 Å². The number of nitro groups is 1. The van der Waals surface area contributed by atoms with Gasteiger partial charge >= 0.3 is 5.69 Å². The Balaban J connectivity index is 1.93. The number of rotatable bonds is 13. The maximum atomic E-state index is 13.7. The number of hydrogen-bond donors (Lipinski definition) is 1. The number of halogens is 1. The second-order valence-corrected chi connectivity index (χ2v) is 9.42. The minimum atomic E-state index is -0.847. The van der Waals surface area contributed by atoms with Crippen LogP contribution in [0.1, 0.15) is 31.4 Å². The zero-order valence-corrected chi connectivity index (χ0v) is 22.9. The molecule has 39 heavy (non-hydrogen) atoms. The molecule has 2 atom stereocenters. The smallest absolute Gasteiger partial charge is 0.311 e. The van der Waals surface area contributed by atoms with E-state index in [0.29, 0.717) is 10.6 Å². The van der Waals surface area contributed by atoms with Crippen molar-refractivity contribution < 1.29 is 24.0 Å². The molecule has 3 rings (SSSR count). The molecule has 10 heteroatoms. The van der Waals surface area contributed by atoms with E-state index in [2.05, 4.69) is 5.32 Å². The van der Waals surface area contributed by atoms with E-state index in [-0.39, 0.29) is 42.1 Å². The molecule has 0 aliphatic carbocycles. The van der Waals surface area contributed by atoms with E-state index in [4.69, 9.17) is 21.1 Å². The third kappa shape index (κ3) is 8.19. The lowest BCUT2D eigenvalue weighted by atomic mass is 10.0. The number of hydrogen-bond acceptors (Lipinski definition) is 6. The maximum Gasteiger partial charge on any atom is 0.311 e. The van der Waals surface area contributed by atoms with Gasteiger partial charge in [0.15, 0.2) is 6.61 Å². The van der Waals surface area contributed by atoms with Crippen LogP contribution in [0, 0.1) is 10.1 Å². The second-order valence-electron chi connectivity index (χ2n) is 9.02. The van der Waals surface area contributed by atoms with Gasteiger partial charge in [-0.05, 0) is 36.6 Å². The molecule has 0 aliphatic rings. The van der Waals surface area contributed by atoms with Gasteiger partial charge < -0.3 is 19.7 Å². The van der Waals surface area contributed by atoms with Gasteiger partial charge in [0.25, 0.3) is 5.91 Å². The van der Waals surface area contributed by atoms with Crippen molar-refractivity contribution in [2.75, 3.05) is 13.7 Å². The van der Waals surface area contributed by atoms with Gasteiger partial charge in [-0.3, -0.25) is 19.7 Å². The normalized spacial score (nSPS) is 12.2. The molecule has 0 radical (unpaired) electrons. The first-order valence-corrected chi connectivity index (χ1v) is 12.9. The average molecular weight is 554 g/mol. The molecule has 0 saturated carbocycles. The number of methoxy groups -OCH3 is 1. The number of benzene rings is 3. The van der Waals surface area contributed by atoms with Crippen molar-refractivity contribution in [3.05, 3.63) is 99.1 Å². The van der Waals surface area contributed by atoms with Crippen LogP contribution < -0.4 is 14.8 Å². The Labute approximate surface area is 232 Å². The highest BCUT2D eigenvalue weighted by Crippen LogP contribution is 2.31. The summed E-state index contributed by atoms with van der Waals surface area (Å²) in [5.41, 5.74) is 1.35. The number of ether oxygens (including phenoxy) is 2. The molecular formula is C29H32ClN3O6.